The Bertz CT molecular complexity index is 564. The van der Waals surface area contributed by atoms with Gasteiger partial charge in [0.05, 0.1) is 5.39 Å². The highest BCUT2D eigenvalue weighted by atomic mass is 32.1. The Morgan fingerprint density at radius 1 is 1.42 bits per heavy atom. The Kier molecular flexibility index (Phi) is 4.06. The molecule has 3 N–H and O–H groups in total. The first-order valence-electron chi connectivity index (χ1n) is 6.63. The van der Waals surface area contributed by atoms with Crippen LogP contribution in [0.15, 0.2) is 12.4 Å². The standard InChI is InChI=1S/C14H22N4S/c1-9(2)6-14(4,7-15)18-12-11-5-10(3)19-13(11)17-8-16-12/h5,8-9H,6-7,15H2,1-4H3,(H,16,17,18). The molecule has 104 valence electrons. The van der Waals surface area contributed by atoms with Gasteiger partial charge in [-0.2, -0.15) is 0 Å². The molecular weight excluding hydrogens is 256 g/mol. The molecule has 0 saturated carbocycles. The molecule has 0 saturated heterocycles. The van der Waals surface area contributed by atoms with E-state index in [9.17, 15) is 0 Å². The van der Waals surface area contributed by atoms with Crippen LogP contribution in [0.4, 0.5) is 5.82 Å². The lowest BCUT2D eigenvalue weighted by molar-refractivity contribution is 0.406. The molecular formula is C14H22N4S. The quantitative estimate of drug-likeness (QED) is 0.881. The lowest BCUT2D eigenvalue weighted by atomic mass is 9.90. The SMILES string of the molecule is Cc1cc2c(NC(C)(CN)CC(C)C)ncnc2s1. The van der Waals surface area contributed by atoms with Crippen molar-refractivity contribution in [3.8, 4) is 0 Å². The van der Waals surface area contributed by atoms with E-state index in [4.69, 9.17) is 5.73 Å². The van der Waals surface area contributed by atoms with E-state index in [1.165, 1.54) is 4.88 Å². The topological polar surface area (TPSA) is 63.8 Å². The van der Waals surface area contributed by atoms with Crippen LogP contribution in [0.3, 0.4) is 0 Å². The van der Waals surface area contributed by atoms with Crippen molar-refractivity contribution in [1.82, 2.24) is 9.97 Å². The van der Waals surface area contributed by atoms with Crippen LogP contribution in [0.5, 0.6) is 0 Å². The van der Waals surface area contributed by atoms with Crippen LogP contribution in [-0.2, 0) is 0 Å². The van der Waals surface area contributed by atoms with E-state index >= 15 is 0 Å². The zero-order chi connectivity index (χ0) is 14.0. The van der Waals surface area contributed by atoms with Gasteiger partial charge in [-0.15, -0.1) is 11.3 Å². The van der Waals surface area contributed by atoms with Gasteiger partial charge in [-0.05, 0) is 32.3 Å². The van der Waals surface area contributed by atoms with Crippen molar-refractivity contribution in [2.24, 2.45) is 11.7 Å². The van der Waals surface area contributed by atoms with Crippen molar-refractivity contribution in [2.75, 3.05) is 11.9 Å². The summed E-state index contributed by atoms with van der Waals surface area (Å²) in [4.78, 5) is 11.0. The van der Waals surface area contributed by atoms with Crippen LogP contribution >= 0.6 is 11.3 Å². The van der Waals surface area contributed by atoms with E-state index in [0.717, 1.165) is 22.5 Å². The summed E-state index contributed by atoms with van der Waals surface area (Å²) in [5, 5.41) is 4.61. The van der Waals surface area contributed by atoms with Gasteiger partial charge < -0.3 is 11.1 Å². The number of hydrogen-bond donors (Lipinski definition) is 2. The molecule has 0 spiro atoms. The molecule has 2 rings (SSSR count). The van der Waals surface area contributed by atoms with Crippen LogP contribution in [0.25, 0.3) is 10.2 Å². The Morgan fingerprint density at radius 3 is 2.79 bits per heavy atom. The number of nitrogens with one attached hydrogen (secondary N) is 1. The summed E-state index contributed by atoms with van der Waals surface area (Å²) in [6, 6.07) is 2.13. The zero-order valence-corrected chi connectivity index (χ0v) is 12.8. The lowest BCUT2D eigenvalue weighted by Crippen LogP contribution is -2.43. The summed E-state index contributed by atoms with van der Waals surface area (Å²) in [6.07, 6.45) is 2.63. The van der Waals surface area contributed by atoms with Gasteiger partial charge in [-0.3, -0.25) is 0 Å². The number of aromatic nitrogens is 2. The molecule has 2 aromatic rings. The molecule has 1 unspecified atom stereocenters. The molecule has 0 bridgehead atoms. The van der Waals surface area contributed by atoms with E-state index in [0.29, 0.717) is 12.5 Å². The Morgan fingerprint density at radius 2 is 2.16 bits per heavy atom. The number of rotatable bonds is 5. The third-order valence-electron chi connectivity index (χ3n) is 3.18. The summed E-state index contributed by atoms with van der Waals surface area (Å²) in [7, 11) is 0. The van der Waals surface area contributed by atoms with Crippen molar-refractivity contribution in [2.45, 2.75) is 39.7 Å². The number of fused-ring (bicyclic) bond motifs is 1. The molecule has 0 aliphatic heterocycles. The van der Waals surface area contributed by atoms with E-state index in [1.807, 2.05) is 0 Å². The molecule has 2 heterocycles. The Labute approximate surface area is 118 Å². The minimum Gasteiger partial charge on any atom is -0.363 e. The van der Waals surface area contributed by atoms with Gasteiger partial charge in [-0.1, -0.05) is 13.8 Å². The van der Waals surface area contributed by atoms with E-state index < -0.39 is 0 Å². The van der Waals surface area contributed by atoms with Gasteiger partial charge in [0.2, 0.25) is 0 Å². The van der Waals surface area contributed by atoms with Gasteiger partial charge in [-0.25, -0.2) is 9.97 Å². The van der Waals surface area contributed by atoms with E-state index in [1.54, 1.807) is 17.7 Å². The fraction of sp³-hybridized carbons (Fsp3) is 0.571. The van der Waals surface area contributed by atoms with E-state index in [2.05, 4.69) is 49.0 Å². The molecule has 0 aromatic carbocycles. The van der Waals surface area contributed by atoms with Crippen molar-refractivity contribution in [1.29, 1.82) is 0 Å². The summed E-state index contributed by atoms with van der Waals surface area (Å²) in [5.41, 5.74) is 5.82. The first-order chi connectivity index (χ1) is 8.93. The number of nitrogens with zero attached hydrogens (tertiary/aromatic N) is 2. The van der Waals surface area contributed by atoms with Crippen molar-refractivity contribution < 1.29 is 0 Å². The van der Waals surface area contributed by atoms with Gasteiger partial charge in [0.1, 0.15) is 17.0 Å². The monoisotopic (exact) mass is 278 g/mol. The van der Waals surface area contributed by atoms with Gasteiger partial charge >= 0.3 is 0 Å². The maximum absolute atomic E-state index is 5.95. The molecule has 0 aliphatic carbocycles. The highest BCUT2D eigenvalue weighted by Gasteiger charge is 2.25. The predicted molar refractivity (Wildman–Crippen MR) is 82.7 cm³/mol. The fourth-order valence-electron chi connectivity index (χ4n) is 2.45. The zero-order valence-electron chi connectivity index (χ0n) is 12.0. The van der Waals surface area contributed by atoms with Gasteiger partial charge in [0.15, 0.2) is 0 Å². The molecule has 5 heteroatoms. The molecule has 19 heavy (non-hydrogen) atoms. The number of hydrogen-bond acceptors (Lipinski definition) is 5. The number of thiophene rings is 1. The number of anilines is 1. The number of nitrogens with two attached hydrogens (primary N) is 1. The maximum atomic E-state index is 5.95. The van der Waals surface area contributed by atoms with Crippen LogP contribution in [0, 0.1) is 12.8 Å². The normalized spacial score (nSPS) is 14.8. The van der Waals surface area contributed by atoms with Crippen LogP contribution in [0.1, 0.15) is 32.1 Å². The molecule has 2 aromatic heterocycles. The Hall–Kier alpha value is -1.20. The highest BCUT2D eigenvalue weighted by molar-refractivity contribution is 7.18. The summed E-state index contributed by atoms with van der Waals surface area (Å²) >= 11 is 1.69. The third-order valence-corrected chi connectivity index (χ3v) is 4.14. The predicted octanol–water partition coefficient (Wildman–Crippen LogP) is 3.18. The first-order valence-corrected chi connectivity index (χ1v) is 7.44. The third kappa shape index (κ3) is 3.22. The van der Waals surface area contributed by atoms with Crippen molar-refractivity contribution in [3.05, 3.63) is 17.3 Å². The van der Waals surface area contributed by atoms with Crippen LogP contribution in [0.2, 0.25) is 0 Å². The van der Waals surface area contributed by atoms with Crippen LogP contribution < -0.4 is 11.1 Å². The van der Waals surface area contributed by atoms with Gasteiger partial charge in [0, 0.05) is 17.0 Å². The maximum Gasteiger partial charge on any atom is 0.138 e. The molecule has 4 nitrogen and oxygen atoms in total. The average Bonchev–Trinajstić information content (AvgIpc) is 2.69. The fourth-order valence-corrected chi connectivity index (χ4v) is 3.30. The minimum absolute atomic E-state index is 0.134. The average molecular weight is 278 g/mol. The largest absolute Gasteiger partial charge is 0.363 e. The summed E-state index contributed by atoms with van der Waals surface area (Å²) < 4.78 is 0. The molecule has 0 amide bonds. The Balaban J connectivity index is 2.34. The summed E-state index contributed by atoms with van der Waals surface area (Å²) in [6.45, 7) is 9.24. The molecule has 1 atom stereocenters. The van der Waals surface area contributed by atoms with Gasteiger partial charge in [0.25, 0.3) is 0 Å². The second kappa shape index (κ2) is 5.43. The lowest BCUT2D eigenvalue weighted by Gasteiger charge is -2.31. The van der Waals surface area contributed by atoms with Crippen molar-refractivity contribution >= 4 is 27.4 Å². The molecule has 0 fully saturated rings. The number of aryl methyl sites for hydroxylation is 1. The minimum atomic E-state index is -0.134. The second-order valence-electron chi connectivity index (χ2n) is 5.79. The van der Waals surface area contributed by atoms with Crippen molar-refractivity contribution in [3.63, 3.8) is 0 Å². The highest BCUT2D eigenvalue weighted by Crippen LogP contribution is 2.30. The second-order valence-corrected chi connectivity index (χ2v) is 7.02. The molecule has 0 aliphatic rings. The van der Waals surface area contributed by atoms with Crippen LogP contribution in [-0.4, -0.2) is 22.1 Å². The first kappa shape index (κ1) is 14.2. The smallest absolute Gasteiger partial charge is 0.138 e. The summed E-state index contributed by atoms with van der Waals surface area (Å²) in [5.74, 6) is 1.48. The van der Waals surface area contributed by atoms with E-state index in [-0.39, 0.29) is 5.54 Å². The molecule has 0 radical (unpaired) electrons.